The number of aromatic nitrogens is 1. The summed E-state index contributed by atoms with van der Waals surface area (Å²) in [6, 6.07) is 9.85. The molecular formula is C12H12BrN3. The number of pyridine rings is 1. The summed E-state index contributed by atoms with van der Waals surface area (Å²) in [6.07, 6.45) is 1.66. The van der Waals surface area contributed by atoms with Crippen LogP contribution in [-0.4, -0.2) is 4.98 Å². The molecule has 0 saturated carbocycles. The van der Waals surface area contributed by atoms with Crippen molar-refractivity contribution in [3.05, 3.63) is 46.6 Å². The number of halogens is 1. The lowest BCUT2D eigenvalue weighted by Crippen LogP contribution is -1.97. The van der Waals surface area contributed by atoms with Crippen LogP contribution in [0.1, 0.15) is 5.56 Å². The van der Waals surface area contributed by atoms with Gasteiger partial charge in [-0.1, -0.05) is 22.0 Å². The first-order chi connectivity index (χ1) is 7.65. The highest BCUT2D eigenvalue weighted by molar-refractivity contribution is 9.10. The van der Waals surface area contributed by atoms with Gasteiger partial charge in [0.1, 0.15) is 5.82 Å². The van der Waals surface area contributed by atoms with E-state index in [-0.39, 0.29) is 0 Å². The Morgan fingerprint density at radius 3 is 2.81 bits per heavy atom. The summed E-state index contributed by atoms with van der Waals surface area (Å²) in [5.74, 6) is 0.796. The molecule has 0 unspecified atom stereocenters. The minimum Gasteiger partial charge on any atom is -0.397 e. The average Bonchev–Trinajstić information content (AvgIpc) is 2.24. The summed E-state index contributed by atoms with van der Waals surface area (Å²) in [5, 5.41) is 3.22. The van der Waals surface area contributed by atoms with Crippen LogP contribution < -0.4 is 11.1 Å². The lowest BCUT2D eigenvalue weighted by atomic mass is 10.2. The van der Waals surface area contributed by atoms with Crippen molar-refractivity contribution in [3.63, 3.8) is 0 Å². The van der Waals surface area contributed by atoms with E-state index < -0.39 is 0 Å². The minimum absolute atomic E-state index is 0.708. The average molecular weight is 278 g/mol. The third kappa shape index (κ3) is 2.52. The number of nitrogen functional groups attached to an aromatic ring is 1. The zero-order valence-corrected chi connectivity index (χ0v) is 10.5. The van der Waals surface area contributed by atoms with Gasteiger partial charge >= 0.3 is 0 Å². The molecule has 82 valence electrons. The zero-order chi connectivity index (χ0) is 11.5. The highest BCUT2D eigenvalue weighted by Crippen LogP contribution is 2.21. The van der Waals surface area contributed by atoms with Gasteiger partial charge < -0.3 is 11.1 Å². The Balaban J connectivity index is 2.24. The molecular weight excluding hydrogens is 266 g/mol. The molecule has 0 bridgehead atoms. The van der Waals surface area contributed by atoms with E-state index in [1.54, 1.807) is 6.20 Å². The monoisotopic (exact) mass is 277 g/mol. The Hall–Kier alpha value is -1.55. The second kappa shape index (κ2) is 4.53. The van der Waals surface area contributed by atoms with Crippen LogP contribution in [0.4, 0.5) is 17.2 Å². The van der Waals surface area contributed by atoms with E-state index in [2.05, 4.69) is 26.2 Å². The molecule has 3 nitrogen and oxygen atoms in total. The topological polar surface area (TPSA) is 50.9 Å². The van der Waals surface area contributed by atoms with Crippen molar-refractivity contribution in [2.24, 2.45) is 0 Å². The zero-order valence-electron chi connectivity index (χ0n) is 8.87. The molecule has 16 heavy (non-hydrogen) atoms. The molecule has 1 aromatic carbocycles. The number of nitrogens with zero attached hydrogens (tertiary/aromatic N) is 1. The first kappa shape index (κ1) is 11.0. The van der Waals surface area contributed by atoms with Crippen molar-refractivity contribution in [3.8, 4) is 0 Å². The fourth-order valence-corrected chi connectivity index (χ4v) is 1.75. The van der Waals surface area contributed by atoms with Gasteiger partial charge in [-0.25, -0.2) is 4.98 Å². The maximum atomic E-state index is 5.71. The lowest BCUT2D eigenvalue weighted by molar-refractivity contribution is 1.28. The first-order valence-corrected chi connectivity index (χ1v) is 5.69. The van der Waals surface area contributed by atoms with Crippen molar-refractivity contribution >= 4 is 33.1 Å². The third-order valence-corrected chi connectivity index (χ3v) is 2.74. The van der Waals surface area contributed by atoms with E-state index >= 15 is 0 Å². The van der Waals surface area contributed by atoms with Gasteiger partial charge in [-0.05, 0) is 36.8 Å². The normalized spacial score (nSPS) is 10.1. The minimum atomic E-state index is 0.708. The Bertz CT molecular complexity index is 511. The van der Waals surface area contributed by atoms with Crippen LogP contribution in [-0.2, 0) is 0 Å². The van der Waals surface area contributed by atoms with Crippen LogP contribution >= 0.6 is 15.9 Å². The van der Waals surface area contributed by atoms with Crippen LogP contribution in [0.25, 0.3) is 0 Å². The maximum Gasteiger partial charge on any atom is 0.130 e. The number of rotatable bonds is 2. The van der Waals surface area contributed by atoms with Crippen molar-refractivity contribution in [1.82, 2.24) is 4.98 Å². The maximum absolute atomic E-state index is 5.71. The molecule has 2 aromatic rings. The van der Waals surface area contributed by atoms with Crippen molar-refractivity contribution in [2.45, 2.75) is 6.92 Å². The van der Waals surface area contributed by atoms with E-state index in [0.29, 0.717) is 5.69 Å². The van der Waals surface area contributed by atoms with Crippen molar-refractivity contribution in [2.75, 3.05) is 11.1 Å². The Morgan fingerprint density at radius 1 is 1.31 bits per heavy atom. The van der Waals surface area contributed by atoms with E-state index in [9.17, 15) is 0 Å². The Kier molecular flexibility index (Phi) is 3.10. The summed E-state index contributed by atoms with van der Waals surface area (Å²) in [7, 11) is 0. The molecule has 0 saturated heterocycles. The highest BCUT2D eigenvalue weighted by Gasteiger charge is 1.99. The fourth-order valence-electron chi connectivity index (χ4n) is 1.35. The second-order valence-corrected chi connectivity index (χ2v) is 4.48. The highest BCUT2D eigenvalue weighted by atomic mass is 79.9. The van der Waals surface area contributed by atoms with Gasteiger partial charge in [-0.3, -0.25) is 0 Å². The van der Waals surface area contributed by atoms with E-state index in [4.69, 9.17) is 5.73 Å². The number of aryl methyl sites for hydroxylation is 1. The molecule has 0 fully saturated rings. The largest absolute Gasteiger partial charge is 0.397 e. The molecule has 0 atom stereocenters. The Morgan fingerprint density at radius 2 is 2.12 bits per heavy atom. The summed E-state index contributed by atoms with van der Waals surface area (Å²) < 4.78 is 1.03. The molecule has 0 amide bonds. The Labute approximate surface area is 103 Å². The number of anilines is 3. The summed E-state index contributed by atoms with van der Waals surface area (Å²) in [6.45, 7) is 1.96. The molecule has 1 aromatic heterocycles. The van der Waals surface area contributed by atoms with Crippen LogP contribution in [0.3, 0.4) is 0 Å². The molecule has 2 rings (SSSR count). The molecule has 0 aliphatic heterocycles. The van der Waals surface area contributed by atoms with Gasteiger partial charge in [-0.2, -0.15) is 0 Å². The standard InChI is InChI=1S/C12H12BrN3/c1-8-5-12(15-7-11(8)14)16-10-4-2-3-9(13)6-10/h2-7H,14H2,1H3,(H,15,16). The van der Waals surface area contributed by atoms with Gasteiger partial charge in [0.2, 0.25) is 0 Å². The number of benzene rings is 1. The third-order valence-electron chi connectivity index (χ3n) is 2.25. The van der Waals surface area contributed by atoms with E-state index in [1.165, 1.54) is 0 Å². The molecule has 0 aliphatic rings. The van der Waals surface area contributed by atoms with Crippen LogP contribution in [0.15, 0.2) is 41.0 Å². The smallest absolute Gasteiger partial charge is 0.130 e. The van der Waals surface area contributed by atoms with Crippen LogP contribution in [0.5, 0.6) is 0 Å². The number of nitrogens with one attached hydrogen (secondary N) is 1. The van der Waals surface area contributed by atoms with E-state index in [0.717, 1.165) is 21.5 Å². The predicted molar refractivity (Wildman–Crippen MR) is 70.8 cm³/mol. The van der Waals surface area contributed by atoms with Crippen LogP contribution in [0.2, 0.25) is 0 Å². The molecule has 0 spiro atoms. The molecule has 1 heterocycles. The van der Waals surface area contributed by atoms with E-state index in [1.807, 2.05) is 37.3 Å². The first-order valence-electron chi connectivity index (χ1n) is 4.90. The lowest BCUT2D eigenvalue weighted by Gasteiger charge is -2.07. The SMILES string of the molecule is Cc1cc(Nc2cccc(Br)c2)ncc1N. The van der Waals surface area contributed by atoms with Gasteiger partial charge in [0.25, 0.3) is 0 Å². The molecule has 3 N–H and O–H groups in total. The van der Waals surface area contributed by atoms with Gasteiger partial charge in [-0.15, -0.1) is 0 Å². The number of hydrogen-bond acceptors (Lipinski definition) is 3. The predicted octanol–water partition coefficient (Wildman–Crippen LogP) is 3.48. The second-order valence-electron chi connectivity index (χ2n) is 3.56. The van der Waals surface area contributed by atoms with Gasteiger partial charge in [0.15, 0.2) is 0 Å². The molecule has 4 heteroatoms. The van der Waals surface area contributed by atoms with Crippen molar-refractivity contribution in [1.29, 1.82) is 0 Å². The number of hydrogen-bond donors (Lipinski definition) is 2. The molecule has 0 radical (unpaired) electrons. The van der Waals surface area contributed by atoms with Gasteiger partial charge in [0, 0.05) is 10.2 Å². The molecule has 0 aliphatic carbocycles. The fraction of sp³-hybridized carbons (Fsp3) is 0.0833. The van der Waals surface area contributed by atoms with Crippen LogP contribution in [0, 0.1) is 6.92 Å². The quantitative estimate of drug-likeness (QED) is 0.884. The summed E-state index contributed by atoms with van der Waals surface area (Å²) in [4.78, 5) is 4.21. The number of nitrogens with two attached hydrogens (primary N) is 1. The van der Waals surface area contributed by atoms with Crippen molar-refractivity contribution < 1.29 is 0 Å². The summed E-state index contributed by atoms with van der Waals surface area (Å²) in [5.41, 5.74) is 8.43. The van der Waals surface area contributed by atoms with Gasteiger partial charge in [0.05, 0.1) is 11.9 Å². The summed E-state index contributed by atoms with van der Waals surface area (Å²) >= 11 is 3.42.